The van der Waals surface area contributed by atoms with Crippen LogP contribution in [0.15, 0.2) is 54.2 Å². The van der Waals surface area contributed by atoms with E-state index in [0.29, 0.717) is 43.9 Å². The Balaban J connectivity index is 1.30. The molecule has 3 heterocycles. The van der Waals surface area contributed by atoms with Crippen LogP contribution in [-0.2, 0) is 18.7 Å². The SMILES string of the molecule is COc1ccc(NC(=O)N2CCC(O)(c3csc(CN(C)Cc4cccnc4)n3)CC2)cc1. The van der Waals surface area contributed by atoms with Crippen molar-refractivity contribution in [1.82, 2.24) is 19.8 Å². The van der Waals surface area contributed by atoms with Gasteiger partial charge in [0.05, 0.1) is 19.3 Å². The van der Waals surface area contributed by atoms with Crippen molar-refractivity contribution in [2.24, 2.45) is 0 Å². The molecule has 33 heavy (non-hydrogen) atoms. The summed E-state index contributed by atoms with van der Waals surface area (Å²) in [4.78, 5) is 25.4. The van der Waals surface area contributed by atoms with E-state index in [9.17, 15) is 9.90 Å². The molecule has 0 bridgehead atoms. The summed E-state index contributed by atoms with van der Waals surface area (Å²) in [7, 11) is 3.65. The maximum Gasteiger partial charge on any atom is 0.321 e. The average Bonchev–Trinajstić information content (AvgIpc) is 3.30. The van der Waals surface area contributed by atoms with Gasteiger partial charge in [0, 0.05) is 43.1 Å². The molecule has 2 amide bonds. The van der Waals surface area contributed by atoms with Crippen LogP contribution in [0.4, 0.5) is 10.5 Å². The van der Waals surface area contributed by atoms with Gasteiger partial charge < -0.3 is 20.1 Å². The number of urea groups is 1. The number of anilines is 1. The highest BCUT2D eigenvalue weighted by Crippen LogP contribution is 2.34. The van der Waals surface area contributed by atoms with Crippen molar-refractivity contribution in [3.05, 3.63) is 70.4 Å². The number of nitrogens with zero attached hydrogens (tertiary/aromatic N) is 4. The van der Waals surface area contributed by atoms with Crippen molar-refractivity contribution in [3.63, 3.8) is 0 Å². The minimum atomic E-state index is -1.01. The van der Waals surface area contributed by atoms with Crippen molar-refractivity contribution in [2.45, 2.75) is 31.5 Å². The number of nitrogens with one attached hydrogen (secondary N) is 1. The Hall–Kier alpha value is -3.01. The number of ether oxygens (including phenoxy) is 1. The fourth-order valence-electron chi connectivity index (χ4n) is 3.90. The number of carbonyl (C=O) groups excluding carboxylic acids is 1. The fourth-order valence-corrected chi connectivity index (χ4v) is 4.87. The van der Waals surface area contributed by atoms with E-state index in [1.165, 1.54) is 0 Å². The van der Waals surface area contributed by atoms with Crippen LogP contribution in [0, 0.1) is 0 Å². The molecule has 1 aromatic carbocycles. The minimum absolute atomic E-state index is 0.168. The van der Waals surface area contributed by atoms with Crippen LogP contribution >= 0.6 is 11.3 Å². The van der Waals surface area contributed by atoms with Gasteiger partial charge in [-0.25, -0.2) is 9.78 Å². The second-order valence-electron chi connectivity index (χ2n) is 8.34. The second kappa shape index (κ2) is 10.3. The number of carbonyl (C=O) groups is 1. The third-order valence-corrected chi connectivity index (χ3v) is 6.66. The number of rotatable bonds is 7. The first-order chi connectivity index (χ1) is 15.9. The third-order valence-electron chi connectivity index (χ3n) is 5.83. The summed E-state index contributed by atoms with van der Waals surface area (Å²) in [5.41, 5.74) is 1.55. The number of hydrogen-bond acceptors (Lipinski definition) is 7. The number of aliphatic hydroxyl groups is 1. The lowest BCUT2D eigenvalue weighted by Crippen LogP contribution is -2.46. The lowest BCUT2D eigenvalue weighted by atomic mass is 9.89. The molecule has 1 aliphatic heterocycles. The summed E-state index contributed by atoms with van der Waals surface area (Å²) >= 11 is 1.56. The first-order valence-electron chi connectivity index (χ1n) is 10.9. The minimum Gasteiger partial charge on any atom is -0.497 e. The number of benzene rings is 1. The summed E-state index contributed by atoms with van der Waals surface area (Å²) in [6, 6.07) is 11.0. The predicted molar refractivity (Wildman–Crippen MR) is 128 cm³/mol. The Morgan fingerprint density at radius 2 is 2.00 bits per heavy atom. The number of aromatic nitrogens is 2. The highest BCUT2D eigenvalue weighted by Gasteiger charge is 2.37. The van der Waals surface area contributed by atoms with Crippen LogP contribution in [0.3, 0.4) is 0 Å². The van der Waals surface area contributed by atoms with Gasteiger partial charge in [-0.2, -0.15) is 0 Å². The Morgan fingerprint density at radius 3 is 2.67 bits per heavy atom. The van der Waals surface area contributed by atoms with E-state index in [2.05, 4.69) is 21.3 Å². The van der Waals surface area contributed by atoms with Gasteiger partial charge in [0.25, 0.3) is 0 Å². The van der Waals surface area contributed by atoms with Gasteiger partial charge in [0.1, 0.15) is 16.4 Å². The molecule has 1 aliphatic rings. The molecular formula is C24H29N5O3S. The predicted octanol–water partition coefficient (Wildman–Crippen LogP) is 3.69. The summed E-state index contributed by atoms with van der Waals surface area (Å²) in [5.74, 6) is 0.738. The molecule has 9 heteroatoms. The number of hydrogen-bond donors (Lipinski definition) is 2. The molecule has 0 saturated carbocycles. The molecule has 4 rings (SSSR count). The molecule has 3 aromatic rings. The highest BCUT2D eigenvalue weighted by molar-refractivity contribution is 7.09. The Kier molecular flexibility index (Phi) is 7.22. The Morgan fingerprint density at radius 1 is 1.24 bits per heavy atom. The fraction of sp³-hybridized carbons (Fsp3) is 0.375. The molecule has 0 spiro atoms. The summed E-state index contributed by atoms with van der Waals surface area (Å²) < 4.78 is 5.14. The van der Waals surface area contributed by atoms with Crippen LogP contribution < -0.4 is 10.1 Å². The first kappa shape index (κ1) is 23.2. The molecule has 0 aliphatic carbocycles. The van der Waals surface area contributed by atoms with Crippen LogP contribution in [0.5, 0.6) is 5.75 Å². The van der Waals surface area contributed by atoms with Gasteiger partial charge in [-0.05, 0) is 55.8 Å². The van der Waals surface area contributed by atoms with Crippen molar-refractivity contribution in [1.29, 1.82) is 0 Å². The normalized spacial score (nSPS) is 15.5. The van der Waals surface area contributed by atoms with Gasteiger partial charge in [0.2, 0.25) is 0 Å². The molecule has 2 aromatic heterocycles. The van der Waals surface area contributed by atoms with E-state index in [1.54, 1.807) is 53.8 Å². The molecule has 0 atom stereocenters. The molecule has 1 saturated heterocycles. The van der Waals surface area contributed by atoms with Gasteiger partial charge >= 0.3 is 6.03 Å². The van der Waals surface area contributed by atoms with Crippen molar-refractivity contribution in [2.75, 3.05) is 32.6 Å². The quantitative estimate of drug-likeness (QED) is 0.551. The van der Waals surface area contributed by atoms with Crippen molar-refractivity contribution >= 4 is 23.1 Å². The molecule has 0 radical (unpaired) electrons. The maximum absolute atomic E-state index is 12.6. The average molecular weight is 468 g/mol. The van der Waals surface area contributed by atoms with Crippen LogP contribution in [0.2, 0.25) is 0 Å². The zero-order chi connectivity index (χ0) is 23.3. The number of pyridine rings is 1. The van der Waals surface area contributed by atoms with Crippen molar-refractivity contribution in [3.8, 4) is 5.75 Å². The van der Waals surface area contributed by atoms with Crippen molar-refractivity contribution < 1.29 is 14.6 Å². The summed E-state index contributed by atoms with van der Waals surface area (Å²) in [5, 5.41) is 17.0. The number of piperidine rings is 1. The second-order valence-corrected chi connectivity index (χ2v) is 9.28. The van der Waals surface area contributed by atoms with Crippen LogP contribution in [0.1, 0.15) is 29.1 Å². The third kappa shape index (κ3) is 5.87. The first-order valence-corrected chi connectivity index (χ1v) is 11.8. The summed E-state index contributed by atoms with van der Waals surface area (Å²) in [6.07, 6.45) is 4.55. The topological polar surface area (TPSA) is 90.8 Å². The van der Waals surface area contributed by atoms with Gasteiger partial charge in [0.15, 0.2) is 0 Å². The number of methoxy groups -OCH3 is 1. The lowest BCUT2D eigenvalue weighted by molar-refractivity contribution is -0.0189. The van der Waals surface area contributed by atoms with Crippen LogP contribution in [0.25, 0.3) is 0 Å². The Bertz CT molecular complexity index is 1050. The number of amides is 2. The van der Waals surface area contributed by atoms with E-state index in [4.69, 9.17) is 9.72 Å². The van der Waals surface area contributed by atoms with Crippen LogP contribution in [-0.4, -0.2) is 58.2 Å². The monoisotopic (exact) mass is 467 g/mol. The molecule has 2 N–H and O–H groups in total. The Labute approximate surface area is 197 Å². The van der Waals surface area contributed by atoms with E-state index in [-0.39, 0.29) is 6.03 Å². The highest BCUT2D eigenvalue weighted by atomic mass is 32.1. The molecule has 8 nitrogen and oxygen atoms in total. The number of likely N-dealkylation sites (tertiary alicyclic amines) is 1. The number of thiazole rings is 1. The van der Waals surface area contributed by atoms with E-state index in [1.807, 2.05) is 24.7 Å². The van der Waals surface area contributed by atoms with E-state index in [0.717, 1.165) is 22.9 Å². The van der Waals surface area contributed by atoms with Gasteiger partial charge in [-0.1, -0.05) is 6.07 Å². The van der Waals surface area contributed by atoms with Gasteiger partial charge in [-0.3, -0.25) is 9.88 Å². The standard InChI is InChI=1S/C24H29N5O3S/c1-28(15-18-4-3-11-25-14-18)16-22-27-21(17-33-22)24(31)9-12-29(13-10-24)23(30)26-19-5-7-20(32-2)8-6-19/h3-8,11,14,17,31H,9-10,12-13,15-16H2,1-2H3,(H,26,30). The van der Waals surface area contributed by atoms with E-state index >= 15 is 0 Å². The van der Waals surface area contributed by atoms with Gasteiger partial charge in [-0.15, -0.1) is 11.3 Å². The summed E-state index contributed by atoms with van der Waals surface area (Å²) in [6.45, 7) is 2.41. The molecular weight excluding hydrogens is 438 g/mol. The lowest BCUT2D eigenvalue weighted by Gasteiger charge is -2.37. The maximum atomic E-state index is 12.6. The smallest absolute Gasteiger partial charge is 0.321 e. The van der Waals surface area contributed by atoms with E-state index < -0.39 is 5.60 Å². The molecule has 0 unspecified atom stereocenters. The zero-order valence-corrected chi connectivity index (χ0v) is 19.7. The zero-order valence-electron chi connectivity index (χ0n) is 18.9. The molecule has 174 valence electrons. The molecule has 1 fully saturated rings. The largest absolute Gasteiger partial charge is 0.497 e.